The number of benzene rings is 2. The SMILES string of the molecule is Cc1ccccc1C(Nc1cc(C#N)c2ncc(C#N)c(NCC(C)(C)C)c2c1)c1cn(C2(C(F)(F)F)CC2)nn1. The summed E-state index contributed by atoms with van der Waals surface area (Å²) < 4.78 is 42.4. The molecule has 0 bridgehead atoms. The van der Waals surface area contributed by atoms with Crippen molar-refractivity contribution in [3.63, 3.8) is 0 Å². The molecule has 2 N–H and O–H groups in total. The second-order valence-electron chi connectivity index (χ2n) is 11.7. The van der Waals surface area contributed by atoms with Crippen LogP contribution in [0.2, 0.25) is 0 Å². The fourth-order valence-electron chi connectivity index (χ4n) is 4.87. The molecule has 8 nitrogen and oxygen atoms in total. The smallest absolute Gasteiger partial charge is 0.383 e. The standard InChI is InChI=1S/C30H29F3N8/c1-18-7-5-6-8-22(18)27(24-16-41(40-39-24)29(9-10-29)30(31,32)33)38-21-11-19(13-34)25-23(12-21)26(20(14-35)15-36-25)37-17-28(2,3)4/h5-8,11-12,15-16,27,38H,9-10,17H2,1-4H3,(H,36,37). The Balaban J connectivity index is 1.63. The van der Waals surface area contributed by atoms with Gasteiger partial charge < -0.3 is 10.6 Å². The van der Waals surface area contributed by atoms with Crippen molar-refractivity contribution in [3.8, 4) is 12.1 Å². The Hall–Kier alpha value is -4.64. The second kappa shape index (κ2) is 10.1. The third-order valence-corrected chi connectivity index (χ3v) is 7.31. The van der Waals surface area contributed by atoms with Gasteiger partial charge in [0.2, 0.25) is 0 Å². The number of hydrogen-bond donors (Lipinski definition) is 2. The molecule has 2 aromatic carbocycles. The van der Waals surface area contributed by atoms with E-state index in [1.165, 1.54) is 12.4 Å². The molecule has 0 aliphatic heterocycles. The first kappa shape index (κ1) is 27.9. The molecule has 0 amide bonds. The molecule has 0 radical (unpaired) electrons. The highest BCUT2D eigenvalue weighted by Gasteiger charge is 2.66. The summed E-state index contributed by atoms with van der Waals surface area (Å²) in [5.74, 6) is 0. The van der Waals surface area contributed by atoms with Gasteiger partial charge in [0.25, 0.3) is 0 Å². The first-order valence-corrected chi connectivity index (χ1v) is 13.2. The highest BCUT2D eigenvalue weighted by molar-refractivity contribution is 5.99. The maximum Gasteiger partial charge on any atom is 0.413 e. The van der Waals surface area contributed by atoms with Gasteiger partial charge in [-0.2, -0.15) is 23.7 Å². The van der Waals surface area contributed by atoms with Crippen LogP contribution in [-0.2, 0) is 5.54 Å². The average molecular weight is 559 g/mol. The monoisotopic (exact) mass is 558 g/mol. The summed E-state index contributed by atoms with van der Waals surface area (Å²) in [6, 6.07) is 14.6. The fourth-order valence-corrected chi connectivity index (χ4v) is 4.87. The van der Waals surface area contributed by atoms with Gasteiger partial charge in [-0.15, -0.1) is 5.10 Å². The van der Waals surface area contributed by atoms with Crippen molar-refractivity contribution in [2.24, 2.45) is 5.41 Å². The highest BCUT2D eigenvalue weighted by atomic mass is 19.4. The normalized spacial score (nSPS) is 15.1. The van der Waals surface area contributed by atoms with Crippen LogP contribution >= 0.6 is 0 Å². The Bertz CT molecular complexity index is 1700. The molecule has 11 heteroatoms. The molecule has 41 heavy (non-hydrogen) atoms. The van der Waals surface area contributed by atoms with Gasteiger partial charge in [-0.25, -0.2) is 4.68 Å². The lowest BCUT2D eigenvalue weighted by molar-refractivity contribution is -0.182. The highest BCUT2D eigenvalue weighted by Crippen LogP contribution is 2.55. The summed E-state index contributed by atoms with van der Waals surface area (Å²) in [5.41, 5.74) is 2.03. The summed E-state index contributed by atoms with van der Waals surface area (Å²) in [4.78, 5) is 4.39. The van der Waals surface area contributed by atoms with Crippen LogP contribution in [-0.4, -0.2) is 32.7 Å². The number of nitrogens with one attached hydrogen (secondary N) is 2. The lowest BCUT2D eigenvalue weighted by Gasteiger charge is -2.23. The van der Waals surface area contributed by atoms with Crippen LogP contribution in [0.25, 0.3) is 10.9 Å². The number of aryl methyl sites for hydroxylation is 1. The Morgan fingerprint density at radius 2 is 1.78 bits per heavy atom. The Kier molecular flexibility index (Phi) is 6.86. The summed E-state index contributed by atoms with van der Waals surface area (Å²) in [5, 5.41) is 35.2. The summed E-state index contributed by atoms with van der Waals surface area (Å²) in [6.45, 7) is 8.66. The molecule has 2 aromatic heterocycles. The number of fused-ring (bicyclic) bond motifs is 1. The van der Waals surface area contributed by atoms with Crippen LogP contribution in [0, 0.1) is 35.0 Å². The molecule has 2 heterocycles. The van der Waals surface area contributed by atoms with E-state index in [4.69, 9.17) is 0 Å². The molecular weight excluding hydrogens is 529 g/mol. The van der Waals surface area contributed by atoms with Crippen LogP contribution in [0.4, 0.5) is 24.5 Å². The van der Waals surface area contributed by atoms with E-state index in [0.29, 0.717) is 40.1 Å². The topological polar surface area (TPSA) is 115 Å². The van der Waals surface area contributed by atoms with Crippen molar-refractivity contribution in [2.75, 3.05) is 17.2 Å². The van der Waals surface area contributed by atoms with E-state index in [0.717, 1.165) is 15.8 Å². The van der Waals surface area contributed by atoms with Gasteiger partial charge in [-0.1, -0.05) is 50.3 Å². The van der Waals surface area contributed by atoms with Crippen molar-refractivity contribution in [1.82, 2.24) is 20.0 Å². The molecule has 1 unspecified atom stereocenters. The number of nitrogens with zero attached hydrogens (tertiary/aromatic N) is 6. The minimum atomic E-state index is -4.44. The number of hydrogen-bond acceptors (Lipinski definition) is 7. The number of nitriles is 2. The zero-order valence-corrected chi connectivity index (χ0v) is 23.1. The number of alkyl halides is 3. The molecular formula is C30H29F3N8. The van der Waals surface area contributed by atoms with Gasteiger partial charge in [0.15, 0.2) is 5.54 Å². The van der Waals surface area contributed by atoms with E-state index in [1.54, 1.807) is 12.1 Å². The van der Waals surface area contributed by atoms with E-state index >= 15 is 0 Å². The zero-order valence-electron chi connectivity index (χ0n) is 23.1. The van der Waals surface area contributed by atoms with Gasteiger partial charge in [0.05, 0.1) is 34.6 Å². The van der Waals surface area contributed by atoms with Crippen molar-refractivity contribution >= 4 is 22.3 Å². The van der Waals surface area contributed by atoms with Crippen LogP contribution in [0.3, 0.4) is 0 Å². The second-order valence-corrected chi connectivity index (χ2v) is 11.7. The van der Waals surface area contributed by atoms with Crippen molar-refractivity contribution < 1.29 is 13.2 Å². The number of pyridine rings is 1. The van der Waals surface area contributed by atoms with Crippen molar-refractivity contribution in [3.05, 3.63) is 76.7 Å². The third-order valence-electron chi connectivity index (χ3n) is 7.31. The molecule has 1 saturated carbocycles. The van der Waals surface area contributed by atoms with Gasteiger partial charge in [-0.3, -0.25) is 4.98 Å². The van der Waals surface area contributed by atoms with Crippen molar-refractivity contribution in [2.45, 2.75) is 58.3 Å². The Morgan fingerprint density at radius 3 is 2.39 bits per heavy atom. The average Bonchev–Trinajstić information content (AvgIpc) is 3.61. The maximum absolute atomic E-state index is 13.8. The number of halogens is 3. The van der Waals surface area contributed by atoms with Crippen LogP contribution in [0.5, 0.6) is 0 Å². The predicted octanol–water partition coefficient (Wildman–Crippen LogP) is 6.59. The summed E-state index contributed by atoms with van der Waals surface area (Å²) >= 11 is 0. The number of aromatic nitrogens is 4. The fraction of sp³-hybridized carbons (Fsp3) is 0.367. The lowest BCUT2D eigenvalue weighted by Crippen LogP contribution is -2.35. The van der Waals surface area contributed by atoms with E-state index < -0.39 is 17.8 Å². The third kappa shape index (κ3) is 5.28. The minimum Gasteiger partial charge on any atom is -0.383 e. The summed E-state index contributed by atoms with van der Waals surface area (Å²) in [7, 11) is 0. The number of anilines is 2. The lowest BCUT2D eigenvalue weighted by atomic mass is 9.96. The van der Waals surface area contributed by atoms with E-state index in [9.17, 15) is 23.7 Å². The molecule has 0 saturated heterocycles. The first-order chi connectivity index (χ1) is 19.4. The maximum atomic E-state index is 13.8. The largest absolute Gasteiger partial charge is 0.413 e. The zero-order chi connectivity index (χ0) is 29.6. The van der Waals surface area contributed by atoms with Crippen molar-refractivity contribution in [1.29, 1.82) is 10.5 Å². The molecule has 210 valence electrons. The molecule has 5 rings (SSSR count). The van der Waals surface area contributed by atoms with E-state index in [2.05, 4.69) is 58.8 Å². The number of rotatable bonds is 7. The van der Waals surface area contributed by atoms with Gasteiger partial charge in [-0.05, 0) is 48.4 Å². The van der Waals surface area contributed by atoms with Crippen LogP contribution in [0.15, 0.2) is 48.8 Å². The van der Waals surface area contributed by atoms with Gasteiger partial charge >= 0.3 is 6.18 Å². The molecule has 1 aliphatic carbocycles. The molecule has 0 spiro atoms. The Labute approximate surface area is 235 Å². The first-order valence-electron chi connectivity index (χ1n) is 13.2. The minimum absolute atomic E-state index is 0.0451. The van der Waals surface area contributed by atoms with Gasteiger partial charge in [0, 0.05) is 23.8 Å². The molecule has 1 fully saturated rings. The van der Waals surface area contributed by atoms with E-state index in [1.807, 2.05) is 31.2 Å². The van der Waals surface area contributed by atoms with Crippen LogP contribution < -0.4 is 10.6 Å². The molecule has 1 aliphatic rings. The summed E-state index contributed by atoms with van der Waals surface area (Å²) in [6.07, 6.45) is -1.73. The molecule has 4 aromatic rings. The van der Waals surface area contributed by atoms with Crippen LogP contribution in [0.1, 0.15) is 67.6 Å². The Morgan fingerprint density at radius 1 is 1.07 bits per heavy atom. The van der Waals surface area contributed by atoms with E-state index in [-0.39, 0.29) is 23.8 Å². The quantitative estimate of drug-likeness (QED) is 0.263. The predicted molar refractivity (Wildman–Crippen MR) is 149 cm³/mol. The molecule has 1 atom stereocenters. The van der Waals surface area contributed by atoms with Gasteiger partial charge in [0.1, 0.15) is 17.8 Å².